The van der Waals surface area contributed by atoms with Crippen molar-refractivity contribution in [1.29, 1.82) is 0 Å². The van der Waals surface area contributed by atoms with Crippen molar-refractivity contribution in [2.45, 2.75) is 32.1 Å². The molecule has 0 aliphatic heterocycles. The Morgan fingerprint density at radius 3 is 2.44 bits per heavy atom. The highest BCUT2D eigenvalue weighted by Crippen LogP contribution is 2.34. The zero-order chi connectivity index (χ0) is 22.7. The molecule has 6 nitrogen and oxygen atoms in total. The quantitative estimate of drug-likeness (QED) is 0.446. The summed E-state index contributed by atoms with van der Waals surface area (Å²) in [5.41, 5.74) is 1.95. The van der Waals surface area contributed by atoms with Gasteiger partial charge in [0.2, 0.25) is 0 Å². The number of fused-ring (bicyclic) bond motifs is 2. The van der Waals surface area contributed by atoms with E-state index < -0.39 is 24.3 Å². The fourth-order valence-corrected chi connectivity index (χ4v) is 4.39. The van der Waals surface area contributed by atoms with Crippen LogP contribution in [0.4, 0.5) is 0 Å². The van der Waals surface area contributed by atoms with E-state index in [9.17, 15) is 19.2 Å². The molecule has 0 bridgehead atoms. The highest BCUT2D eigenvalue weighted by atomic mass is 35.5. The normalized spacial score (nSPS) is 14.8. The van der Waals surface area contributed by atoms with E-state index >= 15 is 0 Å². The number of amides is 1. The Balaban J connectivity index is 1.40. The zero-order valence-corrected chi connectivity index (χ0v) is 18.2. The van der Waals surface area contributed by atoms with Crippen LogP contribution in [0.3, 0.4) is 0 Å². The van der Waals surface area contributed by atoms with Crippen molar-refractivity contribution in [2.75, 3.05) is 13.2 Å². The van der Waals surface area contributed by atoms with Gasteiger partial charge in [-0.1, -0.05) is 47.5 Å². The first-order valence-electron chi connectivity index (χ1n) is 10.6. The average molecular weight is 452 g/mol. The summed E-state index contributed by atoms with van der Waals surface area (Å²) >= 11 is 6.35. The molecule has 0 saturated heterocycles. The van der Waals surface area contributed by atoms with E-state index in [2.05, 4.69) is 11.4 Å². The Labute approximate surface area is 190 Å². The number of hydrogen-bond acceptors (Lipinski definition) is 5. The third-order valence-electron chi connectivity index (χ3n) is 5.74. The molecule has 0 aromatic heterocycles. The van der Waals surface area contributed by atoms with Gasteiger partial charge in [-0.2, -0.15) is 0 Å². The monoisotopic (exact) mass is 451 g/mol. The molecule has 7 heteroatoms. The standard InChI is InChI=1S/C25H22ClNO5/c26-22-19(25(31)32-14-20(28)27-13-12-15-6-2-1-3-7-15)11-10-18-21(22)24(30)17-9-5-4-8-16(17)23(18)29/h4-6,8-11H,1-3,7,12-14H2,(H,27,28). The Morgan fingerprint density at radius 2 is 1.72 bits per heavy atom. The molecule has 2 aromatic carbocycles. The van der Waals surface area contributed by atoms with E-state index in [-0.39, 0.29) is 33.1 Å². The third-order valence-corrected chi connectivity index (χ3v) is 6.13. The molecule has 2 aliphatic carbocycles. The first-order chi connectivity index (χ1) is 15.5. The zero-order valence-electron chi connectivity index (χ0n) is 17.4. The molecule has 0 spiro atoms. The largest absolute Gasteiger partial charge is 0.452 e. The van der Waals surface area contributed by atoms with Crippen molar-refractivity contribution in [1.82, 2.24) is 5.32 Å². The van der Waals surface area contributed by atoms with Crippen molar-refractivity contribution in [3.05, 3.63) is 80.9 Å². The van der Waals surface area contributed by atoms with Crippen LogP contribution in [0.2, 0.25) is 5.02 Å². The molecule has 0 unspecified atom stereocenters. The molecule has 0 atom stereocenters. The van der Waals surface area contributed by atoms with Crippen LogP contribution >= 0.6 is 11.6 Å². The van der Waals surface area contributed by atoms with Crippen molar-refractivity contribution in [3.63, 3.8) is 0 Å². The van der Waals surface area contributed by atoms with Crippen molar-refractivity contribution >= 4 is 35.0 Å². The van der Waals surface area contributed by atoms with E-state index in [1.165, 1.54) is 30.5 Å². The Bertz CT molecular complexity index is 1150. The summed E-state index contributed by atoms with van der Waals surface area (Å²) < 4.78 is 5.09. The van der Waals surface area contributed by atoms with Gasteiger partial charge in [0.25, 0.3) is 5.91 Å². The molecular weight excluding hydrogens is 430 g/mol. The molecule has 2 aromatic rings. The minimum Gasteiger partial charge on any atom is -0.452 e. The lowest BCUT2D eigenvalue weighted by Gasteiger charge is -2.19. The lowest BCUT2D eigenvalue weighted by atomic mass is 9.83. The van der Waals surface area contributed by atoms with Crippen molar-refractivity contribution in [2.24, 2.45) is 0 Å². The molecule has 0 radical (unpaired) electrons. The summed E-state index contributed by atoms with van der Waals surface area (Å²) in [5.74, 6) is -2.00. The minimum absolute atomic E-state index is 0.0185. The van der Waals surface area contributed by atoms with E-state index in [1.807, 2.05) is 0 Å². The lowest BCUT2D eigenvalue weighted by molar-refractivity contribution is -0.124. The van der Waals surface area contributed by atoms with Gasteiger partial charge in [0.1, 0.15) is 0 Å². The maximum absolute atomic E-state index is 12.9. The number of esters is 1. The molecule has 4 rings (SSSR count). The van der Waals surface area contributed by atoms with Crippen LogP contribution in [0.5, 0.6) is 0 Å². The van der Waals surface area contributed by atoms with E-state index in [1.54, 1.807) is 24.3 Å². The van der Waals surface area contributed by atoms with Gasteiger partial charge in [-0.05, 0) is 44.2 Å². The number of nitrogens with one attached hydrogen (secondary N) is 1. The smallest absolute Gasteiger partial charge is 0.340 e. The second-order valence-corrected chi connectivity index (χ2v) is 8.22. The maximum atomic E-state index is 12.9. The lowest BCUT2D eigenvalue weighted by Crippen LogP contribution is -2.30. The molecule has 1 amide bonds. The molecule has 0 saturated carbocycles. The van der Waals surface area contributed by atoms with E-state index in [0.29, 0.717) is 12.1 Å². The number of carbonyl (C=O) groups excluding carboxylic acids is 4. The first kappa shape index (κ1) is 22.0. The predicted molar refractivity (Wildman–Crippen MR) is 119 cm³/mol. The van der Waals surface area contributed by atoms with Crippen LogP contribution in [0.1, 0.15) is 74.3 Å². The fourth-order valence-electron chi connectivity index (χ4n) is 4.06. The van der Waals surface area contributed by atoms with Crippen molar-refractivity contribution < 1.29 is 23.9 Å². The fraction of sp³-hybridized carbons (Fsp3) is 0.280. The SMILES string of the molecule is O=C(COC(=O)c1ccc2c(c1Cl)C(=O)c1ccccc1C2=O)NCCC1=CCCCC1. The number of ether oxygens (including phenoxy) is 1. The van der Waals surface area contributed by atoms with Gasteiger partial charge in [-0.25, -0.2) is 4.79 Å². The van der Waals surface area contributed by atoms with Crippen LogP contribution in [0.15, 0.2) is 48.0 Å². The number of hydrogen-bond donors (Lipinski definition) is 1. The van der Waals surface area contributed by atoms with Gasteiger partial charge in [0.15, 0.2) is 18.2 Å². The van der Waals surface area contributed by atoms with Gasteiger partial charge >= 0.3 is 5.97 Å². The van der Waals surface area contributed by atoms with Gasteiger partial charge in [0.05, 0.1) is 16.1 Å². The number of benzene rings is 2. The van der Waals surface area contributed by atoms with Crippen molar-refractivity contribution in [3.8, 4) is 0 Å². The van der Waals surface area contributed by atoms with Crippen LogP contribution in [0, 0.1) is 0 Å². The summed E-state index contributed by atoms with van der Waals surface area (Å²) in [6.45, 7) is 0.0266. The van der Waals surface area contributed by atoms with Crippen LogP contribution in [0.25, 0.3) is 0 Å². The second kappa shape index (κ2) is 9.49. The van der Waals surface area contributed by atoms with E-state index in [0.717, 1.165) is 19.3 Å². The number of rotatable bonds is 6. The molecule has 0 fully saturated rings. The van der Waals surface area contributed by atoms with Crippen LogP contribution in [-0.2, 0) is 9.53 Å². The maximum Gasteiger partial charge on any atom is 0.340 e. The molecule has 32 heavy (non-hydrogen) atoms. The number of halogens is 1. The number of carbonyl (C=O) groups is 4. The van der Waals surface area contributed by atoms with Crippen LogP contribution < -0.4 is 5.32 Å². The Kier molecular flexibility index (Phi) is 6.51. The summed E-state index contributed by atoms with van der Waals surface area (Å²) in [6.07, 6.45) is 7.55. The average Bonchev–Trinajstić information content (AvgIpc) is 2.81. The Morgan fingerprint density at radius 1 is 0.969 bits per heavy atom. The highest BCUT2D eigenvalue weighted by molar-refractivity contribution is 6.41. The Hall–Kier alpha value is -3.25. The van der Waals surface area contributed by atoms with Gasteiger partial charge in [-0.15, -0.1) is 0 Å². The second-order valence-electron chi connectivity index (χ2n) is 7.84. The minimum atomic E-state index is -0.831. The molecule has 164 valence electrons. The third kappa shape index (κ3) is 4.36. The van der Waals surface area contributed by atoms with E-state index in [4.69, 9.17) is 16.3 Å². The summed E-state index contributed by atoms with van der Waals surface area (Å²) in [4.78, 5) is 50.2. The summed E-state index contributed by atoms with van der Waals surface area (Å²) in [7, 11) is 0. The molecule has 2 aliphatic rings. The van der Waals surface area contributed by atoms with Crippen LogP contribution in [-0.4, -0.2) is 36.6 Å². The summed E-state index contributed by atoms with van der Waals surface area (Å²) in [5, 5.41) is 2.59. The molecule has 0 heterocycles. The topological polar surface area (TPSA) is 89.5 Å². The van der Waals surface area contributed by atoms with Gasteiger partial charge in [0, 0.05) is 23.2 Å². The number of ketones is 2. The molecular formula is C25H22ClNO5. The van der Waals surface area contributed by atoms with Gasteiger partial charge < -0.3 is 10.1 Å². The highest BCUT2D eigenvalue weighted by Gasteiger charge is 2.33. The van der Waals surface area contributed by atoms with Gasteiger partial charge in [-0.3, -0.25) is 14.4 Å². The molecule has 1 N–H and O–H groups in total. The predicted octanol–water partition coefficient (Wildman–Crippen LogP) is 4.28. The number of allylic oxidation sites excluding steroid dienone is 1. The summed E-state index contributed by atoms with van der Waals surface area (Å²) in [6, 6.07) is 9.21. The first-order valence-corrected chi connectivity index (χ1v) is 11.0.